The van der Waals surface area contributed by atoms with Gasteiger partial charge in [-0.15, -0.1) is 10.2 Å². The molecule has 0 bridgehead atoms. The fourth-order valence-electron chi connectivity index (χ4n) is 2.68. The van der Waals surface area contributed by atoms with E-state index in [1.165, 1.54) is 17.3 Å². The number of carbonyl (C=O) groups excluding carboxylic acids is 1. The monoisotopic (exact) mass is 382 g/mol. The Hall–Kier alpha value is -2.80. The summed E-state index contributed by atoms with van der Waals surface area (Å²) < 4.78 is 7.22. The molecule has 0 aliphatic rings. The first-order valence-electron chi connectivity index (χ1n) is 8.69. The van der Waals surface area contributed by atoms with Gasteiger partial charge in [0.2, 0.25) is 5.91 Å². The predicted molar refractivity (Wildman–Crippen MR) is 108 cm³/mol. The Kier molecular flexibility index (Phi) is 6.13. The molecule has 2 aromatic carbocycles. The van der Waals surface area contributed by atoms with Crippen molar-refractivity contribution < 1.29 is 9.53 Å². The average Bonchev–Trinajstić information content (AvgIpc) is 3.07. The van der Waals surface area contributed by atoms with Crippen molar-refractivity contribution in [1.29, 1.82) is 0 Å². The first-order valence-corrected chi connectivity index (χ1v) is 9.68. The van der Waals surface area contributed by atoms with Gasteiger partial charge in [0.05, 0.1) is 18.6 Å². The molecule has 0 fully saturated rings. The number of methoxy groups -OCH3 is 1. The van der Waals surface area contributed by atoms with Gasteiger partial charge in [0, 0.05) is 5.69 Å². The highest BCUT2D eigenvalue weighted by Crippen LogP contribution is 2.25. The smallest absolute Gasteiger partial charge is 0.234 e. The van der Waals surface area contributed by atoms with Crippen LogP contribution < -0.4 is 10.1 Å². The van der Waals surface area contributed by atoms with Crippen molar-refractivity contribution in [2.24, 2.45) is 0 Å². The lowest BCUT2D eigenvalue weighted by Crippen LogP contribution is -2.15. The van der Waals surface area contributed by atoms with E-state index in [-0.39, 0.29) is 11.7 Å². The maximum absolute atomic E-state index is 12.3. The number of amides is 1. The van der Waals surface area contributed by atoms with E-state index in [9.17, 15) is 4.79 Å². The molecule has 27 heavy (non-hydrogen) atoms. The molecule has 7 heteroatoms. The molecular weight excluding hydrogens is 360 g/mol. The summed E-state index contributed by atoms with van der Waals surface area (Å²) in [4.78, 5) is 12.3. The molecule has 0 saturated carbocycles. The Morgan fingerprint density at radius 3 is 2.59 bits per heavy atom. The molecule has 0 saturated heterocycles. The zero-order chi connectivity index (χ0) is 19.2. The number of carbonyl (C=O) groups is 1. The highest BCUT2D eigenvalue weighted by atomic mass is 32.2. The third-order valence-electron chi connectivity index (χ3n) is 4.11. The van der Waals surface area contributed by atoms with Gasteiger partial charge in [0.1, 0.15) is 11.6 Å². The van der Waals surface area contributed by atoms with Gasteiger partial charge < -0.3 is 10.1 Å². The predicted octanol–water partition coefficient (Wildman–Crippen LogP) is 3.88. The largest absolute Gasteiger partial charge is 0.495 e. The first-order chi connectivity index (χ1) is 13.1. The van der Waals surface area contributed by atoms with Gasteiger partial charge >= 0.3 is 0 Å². The maximum Gasteiger partial charge on any atom is 0.234 e. The van der Waals surface area contributed by atoms with Crippen molar-refractivity contribution in [3.8, 4) is 11.4 Å². The first kappa shape index (κ1) is 19.0. The minimum absolute atomic E-state index is 0.127. The third kappa shape index (κ3) is 4.49. The molecule has 3 aromatic rings. The number of ether oxygens (including phenoxy) is 1. The number of aromatic nitrogens is 3. The van der Waals surface area contributed by atoms with E-state index in [4.69, 9.17) is 4.74 Å². The highest BCUT2D eigenvalue weighted by Gasteiger charge is 2.14. The third-order valence-corrected chi connectivity index (χ3v) is 5.04. The molecule has 3 rings (SSSR count). The summed E-state index contributed by atoms with van der Waals surface area (Å²) in [6.45, 7) is 4.03. The SMILES string of the molecule is CCc1ccc(-n2c(C)nnc2SCC(=O)Nc2ccccc2OC)cc1. The van der Waals surface area contributed by atoms with Crippen LogP contribution in [0.2, 0.25) is 0 Å². The topological polar surface area (TPSA) is 69.0 Å². The minimum Gasteiger partial charge on any atom is -0.495 e. The van der Waals surface area contributed by atoms with Crippen LogP contribution in [0.4, 0.5) is 5.69 Å². The second-order valence-electron chi connectivity index (χ2n) is 5.92. The van der Waals surface area contributed by atoms with Crippen LogP contribution in [-0.2, 0) is 11.2 Å². The fraction of sp³-hybridized carbons (Fsp3) is 0.250. The van der Waals surface area contributed by atoms with Crippen LogP contribution in [0.1, 0.15) is 18.3 Å². The molecule has 140 valence electrons. The van der Waals surface area contributed by atoms with Crippen molar-refractivity contribution in [1.82, 2.24) is 14.8 Å². The lowest BCUT2D eigenvalue weighted by atomic mass is 10.1. The minimum atomic E-state index is -0.127. The van der Waals surface area contributed by atoms with Gasteiger partial charge in [-0.05, 0) is 43.2 Å². The van der Waals surface area contributed by atoms with Gasteiger partial charge in [-0.1, -0.05) is 43.0 Å². The molecule has 0 atom stereocenters. The highest BCUT2D eigenvalue weighted by molar-refractivity contribution is 7.99. The van der Waals surface area contributed by atoms with Crippen molar-refractivity contribution in [2.75, 3.05) is 18.2 Å². The van der Waals surface area contributed by atoms with E-state index in [0.717, 1.165) is 17.9 Å². The van der Waals surface area contributed by atoms with Crippen LogP contribution in [0.5, 0.6) is 5.75 Å². The molecule has 0 radical (unpaired) electrons. The van der Waals surface area contributed by atoms with E-state index in [0.29, 0.717) is 16.6 Å². The summed E-state index contributed by atoms with van der Waals surface area (Å²) >= 11 is 1.35. The Bertz CT molecular complexity index is 922. The van der Waals surface area contributed by atoms with Crippen molar-refractivity contribution >= 4 is 23.4 Å². The van der Waals surface area contributed by atoms with Crippen LogP contribution >= 0.6 is 11.8 Å². The Morgan fingerprint density at radius 1 is 1.15 bits per heavy atom. The molecule has 0 aliphatic heterocycles. The number of hydrogen-bond donors (Lipinski definition) is 1. The quantitative estimate of drug-likeness (QED) is 0.628. The Balaban J connectivity index is 1.70. The Labute approximate surface area is 163 Å². The second kappa shape index (κ2) is 8.73. The normalized spacial score (nSPS) is 10.6. The summed E-state index contributed by atoms with van der Waals surface area (Å²) in [7, 11) is 1.58. The Morgan fingerprint density at radius 2 is 1.89 bits per heavy atom. The molecule has 1 aromatic heterocycles. The van der Waals surface area contributed by atoms with Crippen molar-refractivity contribution in [3.05, 3.63) is 59.9 Å². The maximum atomic E-state index is 12.3. The average molecular weight is 382 g/mol. The summed E-state index contributed by atoms with van der Waals surface area (Å²) in [5, 5.41) is 11.9. The molecule has 1 amide bonds. The van der Waals surface area contributed by atoms with Crippen LogP contribution in [0, 0.1) is 6.92 Å². The molecule has 0 unspecified atom stereocenters. The lowest BCUT2D eigenvalue weighted by molar-refractivity contribution is -0.113. The van der Waals surface area contributed by atoms with E-state index in [1.807, 2.05) is 47.9 Å². The van der Waals surface area contributed by atoms with Crippen LogP contribution in [0.3, 0.4) is 0 Å². The second-order valence-corrected chi connectivity index (χ2v) is 6.86. The number of nitrogens with zero attached hydrogens (tertiary/aromatic N) is 3. The number of thioether (sulfide) groups is 1. The van der Waals surface area contributed by atoms with Crippen LogP contribution in [-0.4, -0.2) is 33.5 Å². The molecule has 0 aliphatic carbocycles. The zero-order valence-corrected chi connectivity index (χ0v) is 16.4. The number of rotatable bonds is 7. The zero-order valence-electron chi connectivity index (χ0n) is 15.6. The van der Waals surface area contributed by atoms with Gasteiger partial charge in [0.15, 0.2) is 5.16 Å². The van der Waals surface area contributed by atoms with Gasteiger partial charge in [-0.2, -0.15) is 0 Å². The van der Waals surface area contributed by atoms with Crippen LogP contribution in [0.15, 0.2) is 53.7 Å². The number of benzene rings is 2. The van der Waals surface area contributed by atoms with Crippen LogP contribution in [0.25, 0.3) is 5.69 Å². The number of aryl methyl sites for hydroxylation is 2. The summed E-state index contributed by atoms with van der Waals surface area (Å²) in [5.74, 6) is 1.51. The lowest BCUT2D eigenvalue weighted by Gasteiger charge is -2.11. The van der Waals surface area contributed by atoms with Gasteiger partial charge in [0.25, 0.3) is 0 Å². The molecule has 0 spiro atoms. The molecule has 1 N–H and O–H groups in total. The molecule has 6 nitrogen and oxygen atoms in total. The fourth-order valence-corrected chi connectivity index (χ4v) is 3.48. The van der Waals surface area contributed by atoms with E-state index >= 15 is 0 Å². The van der Waals surface area contributed by atoms with Gasteiger partial charge in [-0.25, -0.2) is 0 Å². The summed E-state index contributed by atoms with van der Waals surface area (Å²) in [5.41, 5.74) is 2.91. The van der Waals surface area contributed by atoms with Crippen molar-refractivity contribution in [3.63, 3.8) is 0 Å². The van der Waals surface area contributed by atoms with Gasteiger partial charge in [-0.3, -0.25) is 9.36 Å². The number of nitrogens with one attached hydrogen (secondary N) is 1. The van der Waals surface area contributed by atoms with E-state index in [1.54, 1.807) is 7.11 Å². The molecule has 1 heterocycles. The van der Waals surface area contributed by atoms with E-state index < -0.39 is 0 Å². The summed E-state index contributed by atoms with van der Waals surface area (Å²) in [6.07, 6.45) is 0.992. The molecular formula is C20H22N4O2S. The van der Waals surface area contributed by atoms with Crippen molar-refractivity contribution in [2.45, 2.75) is 25.4 Å². The summed E-state index contributed by atoms with van der Waals surface area (Å²) in [6, 6.07) is 15.6. The standard InChI is InChI=1S/C20H22N4O2S/c1-4-15-9-11-16(12-10-15)24-14(2)22-23-20(24)27-13-19(25)21-17-7-5-6-8-18(17)26-3/h5-12H,4,13H2,1-3H3,(H,21,25). The van der Waals surface area contributed by atoms with E-state index in [2.05, 4.69) is 34.6 Å². The number of hydrogen-bond acceptors (Lipinski definition) is 5. The number of para-hydroxylation sites is 2. The number of anilines is 1.